The van der Waals surface area contributed by atoms with Crippen molar-refractivity contribution in [3.8, 4) is 17.1 Å². The molecule has 1 aliphatic heterocycles. The summed E-state index contributed by atoms with van der Waals surface area (Å²) in [4.78, 5) is 8.42. The summed E-state index contributed by atoms with van der Waals surface area (Å²) in [6, 6.07) is 6.65. The van der Waals surface area contributed by atoms with Crippen LogP contribution >= 0.6 is 0 Å². The molecule has 1 atom stereocenters. The Morgan fingerprint density at radius 3 is 2.85 bits per heavy atom. The average Bonchev–Trinajstić information content (AvgIpc) is 2.99. The summed E-state index contributed by atoms with van der Waals surface area (Å²) in [6.07, 6.45) is 5.59. The fraction of sp³-hybridized carbons (Fsp3) is 0.333. The van der Waals surface area contributed by atoms with E-state index in [0.717, 1.165) is 13.0 Å². The lowest BCUT2D eigenvalue weighted by atomic mass is 10.2. The number of nitrogens with zero attached hydrogens (tertiary/aromatic N) is 2. The lowest BCUT2D eigenvalue weighted by Crippen LogP contribution is -2.28. The van der Waals surface area contributed by atoms with Gasteiger partial charge in [0.25, 0.3) is 0 Å². The number of hydrogen-bond acceptors (Lipinski definition) is 4. The molecule has 20 heavy (non-hydrogen) atoms. The summed E-state index contributed by atoms with van der Waals surface area (Å²) >= 11 is 0. The van der Waals surface area contributed by atoms with Crippen molar-refractivity contribution >= 4 is 0 Å². The molecule has 1 aliphatic rings. The van der Waals surface area contributed by atoms with Crippen LogP contribution < -0.4 is 10.1 Å². The molecule has 1 unspecified atom stereocenters. The Bertz CT molecular complexity index is 568. The third kappa shape index (κ3) is 3.11. The maximum absolute atomic E-state index is 13.1. The molecule has 2 aromatic rings. The van der Waals surface area contributed by atoms with Crippen LogP contribution in [0.25, 0.3) is 11.4 Å². The van der Waals surface area contributed by atoms with Crippen LogP contribution in [0.3, 0.4) is 0 Å². The smallest absolute Gasteiger partial charge is 0.159 e. The molecule has 1 aromatic heterocycles. The van der Waals surface area contributed by atoms with E-state index in [9.17, 15) is 4.39 Å². The van der Waals surface area contributed by atoms with Gasteiger partial charge < -0.3 is 10.1 Å². The zero-order valence-corrected chi connectivity index (χ0v) is 11.1. The van der Waals surface area contributed by atoms with Gasteiger partial charge in [-0.15, -0.1) is 0 Å². The third-order valence-corrected chi connectivity index (χ3v) is 3.32. The van der Waals surface area contributed by atoms with Crippen molar-refractivity contribution in [2.75, 3.05) is 13.2 Å². The minimum absolute atomic E-state index is 0.293. The van der Waals surface area contributed by atoms with Crippen LogP contribution in [0.1, 0.15) is 12.8 Å². The normalized spacial score (nSPS) is 18.1. The summed E-state index contributed by atoms with van der Waals surface area (Å²) in [5.74, 6) is 0.841. The summed E-state index contributed by atoms with van der Waals surface area (Å²) < 4.78 is 18.8. The topological polar surface area (TPSA) is 47.0 Å². The Kier molecular flexibility index (Phi) is 3.87. The zero-order valence-electron chi connectivity index (χ0n) is 11.1. The molecule has 0 bridgehead atoms. The Labute approximate surface area is 117 Å². The Morgan fingerprint density at radius 1 is 1.30 bits per heavy atom. The molecule has 0 radical (unpaired) electrons. The van der Waals surface area contributed by atoms with Crippen LogP contribution in [0, 0.1) is 5.82 Å². The lowest BCUT2D eigenvalue weighted by molar-refractivity contribution is 0.275. The highest BCUT2D eigenvalue weighted by Gasteiger charge is 2.14. The number of halogens is 1. The number of nitrogens with one attached hydrogen (secondary N) is 1. The van der Waals surface area contributed by atoms with Gasteiger partial charge in [-0.3, -0.25) is 0 Å². The first kappa shape index (κ1) is 13.0. The second-order valence-corrected chi connectivity index (χ2v) is 4.86. The van der Waals surface area contributed by atoms with Crippen LogP contribution in [0.2, 0.25) is 0 Å². The molecule has 1 aromatic carbocycles. The first-order valence-electron chi connectivity index (χ1n) is 6.75. The number of benzene rings is 1. The molecule has 3 rings (SSSR count). The van der Waals surface area contributed by atoms with E-state index in [0.29, 0.717) is 29.8 Å². The van der Waals surface area contributed by atoms with Crippen molar-refractivity contribution in [3.63, 3.8) is 0 Å². The van der Waals surface area contributed by atoms with Gasteiger partial charge in [0.1, 0.15) is 12.4 Å². The van der Waals surface area contributed by atoms with E-state index in [1.807, 2.05) is 0 Å². The standard InChI is InChI=1S/C15H16FN3O/c16-12-4-1-3-11(7-12)15-18-8-14(9-19-15)20-10-13-5-2-6-17-13/h1,3-4,7-9,13,17H,2,5-6,10H2. The van der Waals surface area contributed by atoms with E-state index in [1.54, 1.807) is 24.5 Å². The van der Waals surface area contributed by atoms with Crippen molar-refractivity contribution in [3.05, 3.63) is 42.5 Å². The lowest BCUT2D eigenvalue weighted by Gasteiger charge is -2.11. The van der Waals surface area contributed by atoms with Gasteiger partial charge in [0.05, 0.1) is 12.4 Å². The van der Waals surface area contributed by atoms with E-state index < -0.39 is 0 Å². The molecule has 0 aliphatic carbocycles. The fourth-order valence-corrected chi connectivity index (χ4v) is 2.26. The van der Waals surface area contributed by atoms with Crippen molar-refractivity contribution in [1.82, 2.24) is 15.3 Å². The first-order valence-corrected chi connectivity index (χ1v) is 6.75. The Morgan fingerprint density at radius 2 is 2.15 bits per heavy atom. The average molecular weight is 273 g/mol. The molecular formula is C15H16FN3O. The van der Waals surface area contributed by atoms with Gasteiger partial charge in [-0.25, -0.2) is 14.4 Å². The first-order chi connectivity index (χ1) is 9.81. The van der Waals surface area contributed by atoms with E-state index in [4.69, 9.17) is 4.74 Å². The molecule has 0 saturated carbocycles. The van der Waals surface area contributed by atoms with E-state index in [1.165, 1.54) is 18.6 Å². The van der Waals surface area contributed by atoms with E-state index in [2.05, 4.69) is 15.3 Å². The second kappa shape index (κ2) is 5.96. The highest BCUT2D eigenvalue weighted by atomic mass is 19.1. The summed E-state index contributed by atoms with van der Waals surface area (Å²) in [7, 11) is 0. The maximum atomic E-state index is 13.1. The number of rotatable bonds is 4. The van der Waals surface area contributed by atoms with Crippen LogP contribution in [0.4, 0.5) is 4.39 Å². The van der Waals surface area contributed by atoms with Gasteiger partial charge in [0.15, 0.2) is 11.6 Å². The highest BCUT2D eigenvalue weighted by molar-refractivity contribution is 5.54. The van der Waals surface area contributed by atoms with Crippen molar-refractivity contribution in [1.29, 1.82) is 0 Å². The van der Waals surface area contributed by atoms with Crippen LogP contribution in [0.5, 0.6) is 5.75 Å². The van der Waals surface area contributed by atoms with Crippen LogP contribution in [0.15, 0.2) is 36.7 Å². The van der Waals surface area contributed by atoms with Gasteiger partial charge in [-0.05, 0) is 31.5 Å². The van der Waals surface area contributed by atoms with E-state index in [-0.39, 0.29) is 5.82 Å². The van der Waals surface area contributed by atoms with Crippen LogP contribution in [-0.4, -0.2) is 29.2 Å². The molecular weight excluding hydrogens is 257 g/mol. The SMILES string of the molecule is Fc1cccc(-c2ncc(OCC3CCCN3)cn2)c1. The van der Waals surface area contributed by atoms with Crippen molar-refractivity contribution in [2.45, 2.75) is 18.9 Å². The largest absolute Gasteiger partial charge is 0.489 e. The van der Waals surface area contributed by atoms with Gasteiger partial charge in [-0.1, -0.05) is 12.1 Å². The number of aromatic nitrogens is 2. The van der Waals surface area contributed by atoms with Crippen molar-refractivity contribution < 1.29 is 9.13 Å². The predicted octanol–water partition coefficient (Wildman–Crippen LogP) is 2.41. The molecule has 1 saturated heterocycles. The zero-order chi connectivity index (χ0) is 13.8. The molecule has 0 amide bonds. The molecule has 1 N–H and O–H groups in total. The molecule has 104 valence electrons. The van der Waals surface area contributed by atoms with Gasteiger partial charge in [0, 0.05) is 11.6 Å². The minimum atomic E-state index is -0.293. The Hall–Kier alpha value is -2.01. The number of hydrogen-bond donors (Lipinski definition) is 1. The molecule has 0 spiro atoms. The van der Waals surface area contributed by atoms with Gasteiger partial charge in [-0.2, -0.15) is 0 Å². The fourth-order valence-electron chi connectivity index (χ4n) is 2.26. The van der Waals surface area contributed by atoms with Crippen LogP contribution in [-0.2, 0) is 0 Å². The van der Waals surface area contributed by atoms with Gasteiger partial charge >= 0.3 is 0 Å². The minimum Gasteiger partial charge on any atom is -0.489 e. The summed E-state index contributed by atoms with van der Waals surface area (Å²) in [6.45, 7) is 1.69. The molecule has 2 heterocycles. The van der Waals surface area contributed by atoms with Gasteiger partial charge in [0.2, 0.25) is 0 Å². The summed E-state index contributed by atoms with van der Waals surface area (Å²) in [5, 5.41) is 3.36. The molecule has 5 heteroatoms. The monoisotopic (exact) mass is 273 g/mol. The predicted molar refractivity (Wildman–Crippen MR) is 73.9 cm³/mol. The third-order valence-electron chi connectivity index (χ3n) is 3.32. The van der Waals surface area contributed by atoms with E-state index >= 15 is 0 Å². The second-order valence-electron chi connectivity index (χ2n) is 4.86. The van der Waals surface area contributed by atoms with Crippen molar-refractivity contribution in [2.24, 2.45) is 0 Å². The molecule has 1 fully saturated rings. The highest BCUT2D eigenvalue weighted by Crippen LogP contribution is 2.17. The number of ether oxygens (including phenoxy) is 1. The molecule has 4 nitrogen and oxygen atoms in total. The maximum Gasteiger partial charge on any atom is 0.159 e. The quantitative estimate of drug-likeness (QED) is 0.929. The summed E-state index contributed by atoms with van der Waals surface area (Å²) in [5.41, 5.74) is 0.661. The Balaban J connectivity index is 1.65.